The summed E-state index contributed by atoms with van der Waals surface area (Å²) in [5.74, 6) is 0.117. The third kappa shape index (κ3) is 2.07. The van der Waals surface area contributed by atoms with Gasteiger partial charge in [-0.3, -0.25) is 4.68 Å². The smallest absolute Gasteiger partial charge is 0.295 e. The molecule has 0 bridgehead atoms. The molecule has 1 N–H and O–H groups in total. The fourth-order valence-electron chi connectivity index (χ4n) is 2.70. The average molecular weight is 286 g/mol. The van der Waals surface area contributed by atoms with Crippen molar-refractivity contribution < 1.29 is 8.81 Å². The third-order valence-corrected chi connectivity index (χ3v) is 4.12. The molecule has 2 atom stereocenters. The van der Waals surface area contributed by atoms with E-state index >= 15 is 0 Å². The lowest BCUT2D eigenvalue weighted by Gasteiger charge is -2.01. The summed E-state index contributed by atoms with van der Waals surface area (Å²) in [5.41, 5.74) is 3.57. The van der Waals surface area contributed by atoms with E-state index < -0.39 is 0 Å². The van der Waals surface area contributed by atoms with E-state index in [0.29, 0.717) is 29.1 Å². The SMILES string of the molecule is Cc1c([C@@H]2C[C@H]2Nc2nc3ccc(F)cc3o2)cnn1C. The molecule has 108 valence electrons. The van der Waals surface area contributed by atoms with Crippen LogP contribution < -0.4 is 5.32 Å². The number of anilines is 1. The van der Waals surface area contributed by atoms with Gasteiger partial charge in [0.2, 0.25) is 0 Å². The first kappa shape index (κ1) is 12.4. The summed E-state index contributed by atoms with van der Waals surface area (Å²) in [7, 11) is 1.94. The lowest BCUT2D eigenvalue weighted by Crippen LogP contribution is -2.04. The maximum Gasteiger partial charge on any atom is 0.295 e. The van der Waals surface area contributed by atoms with Crippen LogP contribution in [0.5, 0.6) is 0 Å². The van der Waals surface area contributed by atoms with Gasteiger partial charge in [0.05, 0.1) is 6.20 Å². The molecule has 0 saturated heterocycles. The lowest BCUT2D eigenvalue weighted by molar-refractivity contribution is 0.599. The van der Waals surface area contributed by atoms with Gasteiger partial charge in [0.25, 0.3) is 6.01 Å². The van der Waals surface area contributed by atoms with Gasteiger partial charge in [-0.05, 0) is 31.0 Å². The molecule has 2 aromatic heterocycles. The van der Waals surface area contributed by atoms with Crippen molar-refractivity contribution in [3.8, 4) is 0 Å². The average Bonchev–Trinajstić information content (AvgIpc) is 2.95. The highest BCUT2D eigenvalue weighted by molar-refractivity contribution is 5.74. The van der Waals surface area contributed by atoms with Crippen molar-refractivity contribution in [1.29, 1.82) is 0 Å². The highest BCUT2D eigenvalue weighted by Gasteiger charge is 2.41. The van der Waals surface area contributed by atoms with Gasteiger partial charge >= 0.3 is 0 Å². The Bertz CT molecular complexity index is 822. The van der Waals surface area contributed by atoms with Gasteiger partial charge in [-0.2, -0.15) is 10.1 Å². The maximum absolute atomic E-state index is 13.1. The summed E-state index contributed by atoms with van der Waals surface area (Å²) in [5, 5.41) is 7.54. The normalized spacial score (nSPS) is 20.9. The van der Waals surface area contributed by atoms with E-state index in [0.717, 1.165) is 6.42 Å². The summed E-state index contributed by atoms with van der Waals surface area (Å²) >= 11 is 0. The summed E-state index contributed by atoms with van der Waals surface area (Å²) in [6.45, 7) is 2.07. The van der Waals surface area contributed by atoms with E-state index in [1.165, 1.54) is 23.4 Å². The van der Waals surface area contributed by atoms with E-state index in [4.69, 9.17) is 4.42 Å². The van der Waals surface area contributed by atoms with Gasteiger partial charge in [-0.1, -0.05) is 0 Å². The van der Waals surface area contributed by atoms with Crippen molar-refractivity contribution in [3.05, 3.63) is 41.5 Å². The minimum atomic E-state index is -0.319. The summed E-state index contributed by atoms with van der Waals surface area (Å²) < 4.78 is 20.6. The Kier molecular flexibility index (Phi) is 2.54. The van der Waals surface area contributed by atoms with Gasteiger partial charge in [0, 0.05) is 30.8 Å². The first-order valence-electron chi connectivity index (χ1n) is 6.93. The summed E-state index contributed by atoms with van der Waals surface area (Å²) in [4.78, 5) is 4.32. The largest absolute Gasteiger partial charge is 0.423 e. The number of oxazole rings is 1. The quantitative estimate of drug-likeness (QED) is 0.804. The number of hydrogen-bond acceptors (Lipinski definition) is 4. The molecule has 6 heteroatoms. The highest BCUT2D eigenvalue weighted by Crippen LogP contribution is 2.44. The second-order valence-electron chi connectivity index (χ2n) is 5.53. The number of hydrogen-bond donors (Lipinski definition) is 1. The van der Waals surface area contributed by atoms with Crippen molar-refractivity contribution in [2.24, 2.45) is 7.05 Å². The van der Waals surface area contributed by atoms with Crippen LogP contribution in [0.3, 0.4) is 0 Å². The minimum Gasteiger partial charge on any atom is -0.423 e. The van der Waals surface area contributed by atoms with E-state index in [2.05, 4.69) is 22.3 Å². The zero-order chi connectivity index (χ0) is 14.6. The summed E-state index contributed by atoms with van der Waals surface area (Å²) in [6, 6.07) is 5.10. The Hall–Kier alpha value is -2.37. The maximum atomic E-state index is 13.1. The molecule has 1 aliphatic carbocycles. The van der Waals surface area contributed by atoms with Crippen LogP contribution in [0.1, 0.15) is 23.6 Å². The van der Waals surface area contributed by atoms with Crippen LogP contribution in [0.2, 0.25) is 0 Å². The Labute approximate surface area is 120 Å². The molecule has 2 heterocycles. The number of fused-ring (bicyclic) bond motifs is 1. The van der Waals surface area contributed by atoms with Gasteiger partial charge in [-0.15, -0.1) is 0 Å². The molecule has 1 saturated carbocycles. The number of rotatable bonds is 3. The second-order valence-corrected chi connectivity index (χ2v) is 5.53. The Morgan fingerprint density at radius 2 is 2.29 bits per heavy atom. The van der Waals surface area contributed by atoms with E-state index in [1.807, 2.05) is 17.9 Å². The standard InChI is InChI=1S/C15H15FN4O/c1-8-11(7-17-20(8)2)10-6-13(10)19-15-18-12-4-3-9(16)5-14(12)21-15/h3-5,7,10,13H,6H2,1-2H3,(H,18,19)/t10-,13+/m0/s1. The van der Waals surface area contributed by atoms with Crippen LogP contribution in [0, 0.1) is 12.7 Å². The van der Waals surface area contributed by atoms with Crippen molar-refractivity contribution in [1.82, 2.24) is 14.8 Å². The van der Waals surface area contributed by atoms with Crippen molar-refractivity contribution in [2.45, 2.75) is 25.3 Å². The highest BCUT2D eigenvalue weighted by atomic mass is 19.1. The van der Waals surface area contributed by atoms with E-state index in [1.54, 1.807) is 6.07 Å². The topological polar surface area (TPSA) is 55.9 Å². The molecule has 1 aliphatic rings. The molecular weight excluding hydrogens is 271 g/mol. The van der Waals surface area contributed by atoms with E-state index in [9.17, 15) is 4.39 Å². The predicted octanol–water partition coefficient (Wildman–Crippen LogP) is 2.98. The van der Waals surface area contributed by atoms with Crippen LogP contribution in [-0.2, 0) is 7.05 Å². The van der Waals surface area contributed by atoms with E-state index in [-0.39, 0.29) is 5.82 Å². The molecule has 4 rings (SSSR count). The number of halogens is 1. The molecule has 21 heavy (non-hydrogen) atoms. The predicted molar refractivity (Wildman–Crippen MR) is 76.7 cm³/mol. The second kappa shape index (κ2) is 4.31. The lowest BCUT2D eigenvalue weighted by atomic mass is 10.1. The molecular formula is C15H15FN4O. The van der Waals surface area contributed by atoms with Crippen molar-refractivity contribution in [3.63, 3.8) is 0 Å². The molecule has 5 nitrogen and oxygen atoms in total. The third-order valence-electron chi connectivity index (χ3n) is 4.12. The van der Waals surface area contributed by atoms with Crippen molar-refractivity contribution >= 4 is 17.1 Å². The molecule has 0 spiro atoms. The van der Waals surface area contributed by atoms with Crippen LogP contribution in [0.15, 0.2) is 28.8 Å². The van der Waals surface area contributed by atoms with Crippen molar-refractivity contribution in [2.75, 3.05) is 5.32 Å². The molecule has 0 amide bonds. The van der Waals surface area contributed by atoms with Gasteiger partial charge < -0.3 is 9.73 Å². The van der Waals surface area contributed by atoms with Crippen LogP contribution >= 0.6 is 0 Å². The zero-order valence-corrected chi connectivity index (χ0v) is 11.8. The first-order valence-corrected chi connectivity index (χ1v) is 6.93. The molecule has 0 unspecified atom stereocenters. The molecule has 1 aromatic carbocycles. The number of benzene rings is 1. The Morgan fingerprint density at radius 3 is 3.05 bits per heavy atom. The monoisotopic (exact) mass is 286 g/mol. The fraction of sp³-hybridized carbons (Fsp3) is 0.333. The fourth-order valence-corrected chi connectivity index (χ4v) is 2.70. The van der Waals surface area contributed by atoms with Gasteiger partial charge in [-0.25, -0.2) is 4.39 Å². The first-order chi connectivity index (χ1) is 10.1. The zero-order valence-electron chi connectivity index (χ0n) is 11.8. The minimum absolute atomic E-state index is 0.297. The van der Waals surface area contributed by atoms with Crippen LogP contribution in [0.4, 0.5) is 10.4 Å². The Balaban J connectivity index is 1.53. The number of nitrogens with one attached hydrogen (secondary N) is 1. The van der Waals surface area contributed by atoms with Gasteiger partial charge in [0.1, 0.15) is 11.3 Å². The molecule has 0 radical (unpaired) electrons. The molecule has 3 aromatic rings. The Morgan fingerprint density at radius 1 is 1.43 bits per heavy atom. The van der Waals surface area contributed by atoms with Gasteiger partial charge in [0.15, 0.2) is 5.58 Å². The number of aryl methyl sites for hydroxylation is 1. The van der Waals surface area contributed by atoms with Crippen LogP contribution in [0.25, 0.3) is 11.1 Å². The number of nitrogens with zero attached hydrogens (tertiary/aromatic N) is 3. The number of aromatic nitrogens is 3. The summed E-state index contributed by atoms with van der Waals surface area (Å²) in [6.07, 6.45) is 2.95. The molecule has 1 fully saturated rings. The van der Waals surface area contributed by atoms with Crippen LogP contribution in [-0.4, -0.2) is 20.8 Å². The molecule has 0 aliphatic heterocycles.